The highest BCUT2D eigenvalue weighted by Gasteiger charge is 2.38. The first kappa shape index (κ1) is 15.5. The summed E-state index contributed by atoms with van der Waals surface area (Å²) in [6.07, 6.45) is 2.07. The summed E-state index contributed by atoms with van der Waals surface area (Å²) >= 11 is 3.26. The van der Waals surface area contributed by atoms with E-state index in [1.165, 1.54) is 23.5 Å². The molecular weight excluding hydrogens is 346 g/mol. The Morgan fingerprint density at radius 1 is 1.40 bits per heavy atom. The molecule has 1 heterocycles. The number of sulfonamides is 1. The highest BCUT2D eigenvalue weighted by Crippen LogP contribution is 2.27. The molecular formula is C13H16BrNO4S. The van der Waals surface area contributed by atoms with Crippen LogP contribution in [0.1, 0.15) is 19.3 Å². The van der Waals surface area contributed by atoms with Crippen LogP contribution in [0.15, 0.2) is 33.6 Å². The van der Waals surface area contributed by atoms with Crippen molar-refractivity contribution in [1.82, 2.24) is 4.31 Å². The third kappa shape index (κ3) is 3.05. The third-order valence-corrected chi connectivity index (χ3v) is 5.73. The van der Waals surface area contributed by atoms with Crippen molar-refractivity contribution in [2.75, 3.05) is 13.7 Å². The first-order chi connectivity index (χ1) is 9.46. The molecule has 7 heteroatoms. The number of carbonyl (C=O) groups is 1. The Morgan fingerprint density at radius 3 is 2.80 bits per heavy atom. The van der Waals surface area contributed by atoms with Gasteiger partial charge in [0.15, 0.2) is 0 Å². The van der Waals surface area contributed by atoms with Gasteiger partial charge in [0, 0.05) is 11.0 Å². The van der Waals surface area contributed by atoms with E-state index in [4.69, 9.17) is 4.74 Å². The van der Waals surface area contributed by atoms with E-state index in [-0.39, 0.29) is 4.90 Å². The number of rotatable bonds is 3. The van der Waals surface area contributed by atoms with Crippen LogP contribution in [0.3, 0.4) is 0 Å². The molecule has 0 aromatic heterocycles. The molecule has 2 rings (SSSR count). The molecule has 110 valence electrons. The summed E-state index contributed by atoms with van der Waals surface area (Å²) in [6.45, 7) is 0.342. The van der Waals surface area contributed by atoms with Crippen LogP contribution < -0.4 is 0 Å². The van der Waals surface area contributed by atoms with Crippen molar-refractivity contribution in [3.8, 4) is 0 Å². The monoisotopic (exact) mass is 361 g/mol. The minimum absolute atomic E-state index is 0.183. The van der Waals surface area contributed by atoms with E-state index in [1.54, 1.807) is 12.1 Å². The van der Waals surface area contributed by atoms with Crippen LogP contribution in [-0.4, -0.2) is 38.4 Å². The van der Waals surface area contributed by atoms with Crippen molar-refractivity contribution in [2.45, 2.75) is 30.2 Å². The van der Waals surface area contributed by atoms with Gasteiger partial charge < -0.3 is 4.74 Å². The van der Waals surface area contributed by atoms with Gasteiger partial charge in [-0.25, -0.2) is 8.42 Å². The molecule has 1 atom stereocenters. The number of halogens is 1. The molecule has 5 nitrogen and oxygen atoms in total. The maximum Gasteiger partial charge on any atom is 0.324 e. The second-order valence-electron chi connectivity index (χ2n) is 4.61. The van der Waals surface area contributed by atoms with Gasteiger partial charge in [-0.3, -0.25) is 4.79 Å². The van der Waals surface area contributed by atoms with Crippen LogP contribution >= 0.6 is 15.9 Å². The molecule has 1 saturated heterocycles. The average Bonchev–Trinajstić information content (AvgIpc) is 2.46. The molecule has 0 spiro atoms. The summed E-state index contributed by atoms with van der Waals surface area (Å²) in [5.41, 5.74) is 0. The maximum absolute atomic E-state index is 12.7. The zero-order valence-corrected chi connectivity index (χ0v) is 13.5. The maximum atomic E-state index is 12.7. The molecule has 0 aliphatic carbocycles. The highest BCUT2D eigenvalue weighted by atomic mass is 79.9. The zero-order chi connectivity index (χ0) is 14.8. The molecule has 1 aliphatic heterocycles. The summed E-state index contributed by atoms with van der Waals surface area (Å²) in [4.78, 5) is 12.0. The number of esters is 1. The first-order valence-corrected chi connectivity index (χ1v) is 8.55. The number of piperidine rings is 1. The first-order valence-electron chi connectivity index (χ1n) is 6.32. The second kappa shape index (κ2) is 6.24. The van der Waals surface area contributed by atoms with Gasteiger partial charge in [-0.05, 0) is 37.5 Å². The van der Waals surface area contributed by atoms with Crippen LogP contribution in [-0.2, 0) is 19.6 Å². The number of benzene rings is 1. The highest BCUT2D eigenvalue weighted by molar-refractivity contribution is 9.10. The van der Waals surface area contributed by atoms with Crippen molar-refractivity contribution in [1.29, 1.82) is 0 Å². The fourth-order valence-corrected chi connectivity index (χ4v) is 4.57. The minimum atomic E-state index is -3.69. The van der Waals surface area contributed by atoms with Gasteiger partial charge in [-0.1, -0.05) is 22.0 Å². The number of hydrogen-bond donors (Lipinski definition) is 0. The molecule has 0 bridgehead atoms. The fraction of sp³-hybridized carbons (Fsp3) is 0.462. The van der Waals surface area contributed by atoms with Gasteiger partial charge in [0.1, 0.15) is 6.04 Å². The van der Waals surface area contributed by atoms with Crippen molar-refractivity contribution in [2.24, 2.45) is 0 Å². The van der Waals surface area contributed by atoms with Crippen LogP contribution in [0.25, 0.3) is 0 Å². The largest absolute Gasteiger partial charge is 0.468 e. The molecule has 0 N–H and O–H groups in total. The van der Waals surface area contributed by atoms with Crippen LogP contribution in [0.2, 0.25) is 0 Å². The van der Waals surface area contributed by atoms with Gasteiger partial charge in [0.25, 0.3) is 0 Å². The zero-order valence-electron chi connectivity index (χ0n) is 11.1. The molecule has 1 aliphatic rings. The molecule has 1 aromatic rings. The Hall–Kier alpha value is -0.920. The molecule has 1 aromatic carbocycles. The number of ether oxygens (including phenoxy) is 1. The summed E-state index contributed by atoms with van der Waals surface area (Å²) in [5.74, 6) is -0.497. The van der Waals surface area contributed by atoms with Crippen molar-refractivity contribution >= 4 is 31.9 Å². The number of carbonyl (C=O) groups excluding carboxylic acids is 1. The van der Waals surface area contributed by atoms with E-state index < -0.39 is 22.0 Å². The molecule has 0 amide bonds. The number of methoxy groups -OCH3 is 1. The lowest BCUT2D eigenvalue weighted by molar-refractivity contribution is -0.146. The van der Waals surface area contributed by atoms with Crippen molar-refractivity contribution in [3.63, 3.8) is 0 Å². The van der Waals surface area contributed by atoms with Gasteiger partial charge >= 0.3 is 5.97 Å². The van der Waals surface area contributed by atoms with E-state index >= 15 is 0 Å². The predicted octanol–water partition coefficient (Wildman–Crippen LogP) is 2.17. The van der Waals surface area contributed by atoms with Crippen LogP contribution in [0.5, 0.6) is 0 Å². The van der Waals surface area contributed by atoms with E-state index in [9.17, 15) is 13.2 Å². The minimum Gasteiger partial charge on any atom is -0.468 e. The fourth-order valence-electron chi connectivity index (χ4n) is 2.33. The van der Waals surface area contributed by atoms with Gasteiger partial charge in [-0.15, -0.1) is 0 Å². The lowest BCUT2D eigenvalue weighted by Gasteiger charge is -2.32. The molecule has 1 unspecified atom stereocenters. The standard InChI is InChI=1S/C13H16BrNO4S/c1-19-13(16)12-7-2-3-8-15(12)20(17,18)11-6-4-5-10(14)9-11/h4-6,9,12H,2-3,7-8H2,1H3. The lowest BCUT2D eigenvalue weighted by atomic mass is 10.1. The predicted molar refractivity (Wildman–Crippen MR) is 77.7 cm³/mol. The summed E-state index contributed by atoms with van der Waals surface area (Å²) in [7, 11) is -2.41. The number of nitrogens with zero attached hydrogens (tertiary/aromatic N) is 1. The second-order valence-corrected chi connectivity index (χ2v) is 7.41. The Bertz CT molecular complexity index is 602. The Kier molecular flexibility index (Phi) is 4.82. The topological polar surface area (TPSA) is 63.7 Å². The van der Waals surface area contributed by atoms with Crippen molar-refractivity contribution in [3.05, 3.63) is 28.7 Å². The van der Waals surface area contributed by atoms with Crippen molar-refractivity contribution < 1.29 is 17.9 Å². The molecule has 0 saturated carbocycles. The third-order valence-electron chi connectivity index (χ3n) is 3.33. The normalized spacial score (nSPS) is 20.6. The summed E-state index contributed by atoms with van der Waals surface area (Å²) < 4.78 is 32.0. The van der Waals surface area contributed by atoms with Gasteiger partial charge in [0.2, 0.25) is 10.0 Å². The lowest BCUT2D eigenvalue weighted by Crippen LogP contribution is -2.48. The SMILES string of the molecule is COC(=O)C1CCCCN1S(=O)(=O)c1cccc(Br)c1. The number of hydrogen-bond acceptors (Lipinski definition) is 4. The van der Waals surface area contributed by atoms with E-state index in [1.807, 2.05) is 0 Å². The quantitative estimate of drug-likeness (QED) is 0.773. The Labute approximate surface area is 127 Å². The smallest absolute Gasteiger partial charge is 0.324 e. The summed E-state index contributed by atoms with van der Waals surface area (Å²) in [5, 5.41) is 0. The van der Waals surface area contributed by atoms with Gasteiger partial charge in [0.05, 0.1) is 12.0 Å². The molecule has 0 radical (unpaired) electrons. The molecule has 20 heavy (non-hydrogen) atoms. The van der Waals surface area contributed by atoms with E-state index in [0.29, 0.717) is 17.4 Å². The van der Waals surface area contributed by atoms with Gasteiger partial charge in [-0.2, -0.15) is 4.31 Å². The van der Waals surface area contributed by atoms with E-state index in [0.717, 1.165) is 12.8 Å². The van der Waals surface area contributed by atoms with E-state index in [2.05, 4.69) is 15.9 Å². The molecule has 1 fully saturated rings. The van der Waals surface area contributed by atoms with Crippen LogP contribution in [0.4, 0.5) is 0 Å². The van der Waals surface area contributed by atoms with Crippen LogP contribution in [0, 0.1) is 0 Å². The Morgan fingerprint density at radius 2 is 2.15 bits per heavy atom. The average molecular weight is 362 g/mol. The Balaban J connectivity index is 2.38. The summed E-state index contributed by atoms with van der Waals surface area (Å²) in [6, 6.07) is 5.76.